The Morgan fingerprint density at radius 1 is 1.53 bits per heavy atom. The molecule has 0 radical (unpaired) electrons. The van der Waals surface area contributed by atoms with Crippen molar-refractivity contribution < 1.29 is 4.52 Å². The van der Waals surface area contributed by atoms with Gasteiger partial charge < -0.3 is 9.84 Å². The van der Waals surface area contributed by atoms with E-state index in [9.17, 15) is 0 Å². The predicted molar refractivity (Wildman–Crippen MR) is 67.6 cm³/mol. The number of rotatable bonds is 4. The number of nitrogens with zero attached hydrogens (tertiary/aromatic N) is 2. The maximum absolute atomic E-state index is 5.14. The van der Waals surface area contributed by atoms with Crippen LogP contribution in [-0.4, -0.2) is 35.2 Å². The van der Waals surface area contributed by atoms with Crippen molar-refractivity contribution in [2.45, 2.75) is 39.3 Å². The van der Waals surface area contributed by atoms with E-state index in [1.54, 1.807) is 6.20 Å². The molecule has 0 saturated carbocycles. The van der Waals surface area contributed by atoms with Gasteiger partial charge in [0.2, 0.25) is 0 Å². The molecule has 1 unspecified atom stereocenters. The van der Waals surface area contributed by atoms with Gasteiger partial charge in [-0.2, -0.15) is 0 Å². The molecule has 0 aliphatic carbocycles. The summed E-state index contributed by atoms with van der Waals surface area (Å²) in [5.74, 6) is 1.73. The summed E-state index contributed by atoms with van der Waals surface area (Å²) in [6, 6.07) is 1.95. The second-order valence-electron chi connectivity index (χ2n) is 6.00. The third-order valence-corrected chi connectivity index (χ3v) is 3.16. The number of hydrogen-bond acceptors (Lipinski definition) is 4. The third kappa shape index (κ3) is 4.13. The van der Waals surface area contributed by atoms with Crippen molar-refractivity contribution in [2.75, 3.05) is 19.6 Å². The molecule has 1 saturated heterocycles. The smallest absolute Gasteiger partial charge is 0.150 e. The summed E-state index contributed by atoms with van der Waals surface area (Å²) >= 11 is 0. The lowest BCUT2D eigenvalue weighted by Crippen LogP contribution is -2.39. The maximum Gasteiger partial charge on any atom is 0.150 e. The van der Waals surface area contributed by atoms with Crippen molar-refractivity contribution in [1.29, 1.82) is 0 Å². The highest BCUT2D eigenvalue weighted by Crippen LogP contribution is 2.18. The van der Waals surface area contributed by atoms with Crippen LogP contribution >= 0.6 is 0 Å². The first kappa shape index (κ1) is 12.6. The first-order valence-corrected chi connectivity index (χ1v) is 6.40. The Morgan fingerprint density at radius 3 is 3.00 bits per heavy atom. The van der Waals surface area contributed by atoms with Gasteiger partial charge in [0.15, 0.2) is 5.76 Å². The molecule has 1 fully saturated rings. The number of likely N-dealkylation sites (tertiary alicyclic amines) is 1. The molecule has 1 aliphatic heterocycles. The maximum atomic E-state index is 5.14. The van der Waals surface area contributed by atoms with Crippen LogP contribution in [0.2, 0.25) is 0 Å². The van der Waals surface area contributed by atoms with Crippen LogP contribution in [0.4, 0.5) is 0 Å². The number of aromatic nitrogens is 1. The fraction of sp³-hybridized carbons (Fsp3) is 0.769. The van der Waals surface area contributed by atoms with Crippen LogP contribution in [0.1, 0.15) is 33.0 Å². The van der Waals surface area contributed by atoms with Crippen molar-refractivity contribution in [1.82, 2.24) is 15.4 Å². The summed E-state index contributed by atoms with van der Waals surface area (Å²) in [5, 5.41) is 7.32. The van der Waals surface area contributed by atoms with Crippen LogP contribution in [-0.2, 0) is 6.54 Å². The summed E-state index contributed by atoms with van der Waals surface area (Å²) < 4.78 is 5.14. The minimum Gasteiger partial charge on any atom is -0.360 e. The van der Waals surface area contributed by atoms with Gasteiger partial charge in [-0.05, 0) is 46.2 Å². The SMILES string of the molecule is CC(C)(C)NCC1CCN(Cc2ccno2)C1. The molecule has 17 heavy (non-hydrogen) atoms. The molecule has 0 spiro atoms. The van der Waals surface area contributed by atoms with Gasteiger partial charge in [0.05, 0.1) is 12.7 Å². The van der Waals surface area contributed by atoms with E-state index in [1.165, 1.54) is 6.42 Å². The Kier molecular flexibility index (Phi) is 3.84. The largest absolute Gasteiger partial charge is 0.360 e. The minimum absolute atomic E-state index is 0.221. The zero-order valence-electron chi connectivity index (χ0n) is 11.1. The van der Waals surface area contributed by atoms with Crippen molar-refractivity contribution in [3.05, 3.63) is 18.0 Å². The summed E-state index contributed by atoms with van der Waals surface area (Å²) in [5.41, 5.74) is 0.221. The lowest BCUT2D eigenvalue weighted by Gasteiger charge is -2.23. The van der Waals surface area contributed by atoms with Crippen LogP contribution in [0.5, 0.6) is 0 Å². The van der Waals surface area contributed by atoms with Crippen molar-refractivity contribution >= 4 is 0 Å². The fourth-order valence-corrected chi connectivity index (χ4v) is 2.22. The summed E-state index contributed by atoms with van der Waals surface area (Å²) in [4.78, 5) is 2.44. The molecule has 0 aromatic carbocycles. The molecule has 0 bridgehead atoms. The second kappa shape index (κ2) is 5.19. The highest BCUT2D eigenvalue weighted by Gasteiger charge is 2.24. The molecule has 4 nitrogen and oxygen atoms in total. The van der Waals surface area contributed by atoms with Crippen molar-refractivity contribution in [2.24, 2.45) is 5.92 Å². The topological polar surface area (TPSA) is 41.3 Å². The monoisotopic (exact) mass is 237 g/mol. The normalized spacial score (nSPS) is 22.2. The second-order valence-corrected chi connectivity index (χ2v) is 6.00. The van der Waals surface area contributed by atoms with E-state index in [0.29, 0.717) is 0 Å². The van der Waals surface area contributed by atoms with Gasteiger partial charge >= 0.3 is 0 Å². The number of hydrogen-bond donors (Lipinski definition) is 1. The van der Waals surface area contributed by atoms with Crippen LogP contribution in [0.15, 0.2) is 16.8 Å². The average Bonchev–Trinajstić information content (AvgIpc) is 2.86. The highest BCUT2D eigenvalue weighted by molar-refractivity contribution is 4.94. The quantitative estimate of drug-likeness (QED) is 0.868. The van der Waals surface area contributed by atoms with Gasteiger partial charge in [-0.25, -0.2) is 0 Å². The van der Waals surface area contributed by atoms with Gasteiger partial charge in [0, 0.05) is 18.2 Å². The molecule has 1 aromatic rings. The molecule has 1 atom stereocenters. The predicted octanol–water partition coefficient (Wildman–Crippen LogP) is 1.88. The van der Waals surface area contributed by atoms with Crippen LogP contribution < -0.4 is 5.32 Å². The summed E-state index contributed by atoms with van der Waals surface area (Å²) in [7, 11) is 0. The molecule has 4 heteroatoms. The zero-order valence-corrected chi connectivity index (χ0v) is 11.1. The molecular formula is C13H23N3O. The van der Waals surface area contributed by atoms with E-state index in [4.69, 9.17) is 4.52 Å². The first-order chi connectivity index (χ1) is 8.03. The van der Waals surface area contributed by atoms with Crippen LogP contribution in [0.3, 0.4) is 0 Å². The van der Waals surface area contributed by atoms with Crippen molar-refractivity contribution in [3.8, 4) is 0 Å². The Hall–Kier alpha value is -0.870. The minimum atomic E-state index is 0.221. The number of nitrogens with one attached hydrogen (secondary N) is 1. The molecule has 1 aromatic heterocycles. The molecule has 1 aliphatic rings. The Labute approximate surface area is 103 Å². The molecule has 0 amide bonds. The van der Waals surface area contributed by atoms with E-state index in [-0.39, 0.29) is 5.54 Å². The third-order valence-electron chi connectivity index (χ3n) is 3.16. The first-order valence-electron chi connectivity index (χ1n) is 6.40. The molecule has 1 N–H and O–H groups in total. The molecule has 96 valence electrons. The highest BCUT2D eigenvalue weighted by atomic mass is 16.5. The van der Waals surface area contributed by atoms with Gasteiger partial charge in [-0.3, -0.25) is 4.90 Å². The van der Waals surface area contributed by atoms with E-state index in [1.807, 2.05) is 6.07 Å². The van der Waals surface area contributed by atoms with Gasteiger partial charge in [-0.1, -0.05) is 5.16 Å². The molecular weight excluding hydrogens is 214 g/mol. The molecule has 2 heterocycles. The van der Waals surface area contributed by atoms with Gasteiger partial charge in [0.1, 0.15) is 0 Å². The standard InChI is InChI=1S/C13H23N3O/c1-13(2,3)14-8-11-5-7-16(9-11)10-12-4-6-15-17-12/h4,6,11,14H,5,7-10H2,1-3H3. The van der Waals surface area contributed by atoms with E-state index in [0.717, 1.165) is 37.9 Å². The van der Waals surface area contributed by atoms with Crippen LogP contribution in [0.25, 0.3) is 0 Å². The average molecular weight is 237 g/mol. The molecule has 2 rings (SSSR count). The van der Waals surface area contributed by atoms with E-state index < -0.39 is 0 Å². The summed E-state index contributed by atoms with van der Waals surface area (Å²) in [6.45, 7) is 11.0. The van der Waals surface area contributed by atoms with Gasteiger partial charge in [0.25, 0.3) is 0 Å². The summed E-state index contributed by atoms with van der Waals surface area (Å²) in [6.07, 6.45) is 2.99. The van der Waals surface area contributed by atoms with E-state index >= 15 is 0 Å². The lowest BCUT2D eigenvalue weighted by atomic mass is 10.1. The Balaban J connectivity index is 1.72. The van der Waals surface area contributed by atoms with Gasteiger partial charge in [-0.15, -0.1) is 0 Å². The van der Waals surface area contributed by atoms with Crippen molar-refractivity contribution in [3.63, 3.8) is 0 Å². The zero-order chi connectivity index (χ0) is 12.3. The Bertz CT molecular complexity index is 329. The van der Waals surface area contributed by atoms with E-state index in [2.05, 4.69) is 36.1 Å². The fourth-order valence-electron chi connectivity index (χ4n) is 2.22. The Morgan fingerprint density at radius 2 is 2.35 bits per heavy atom. The van der Waals surface area contributed by atoms with Crippen LogP contribution in [0, 0.1) is 5.92 Å². The lowest BCUT2D eigenvalue weighted by molar-refractivity contribution is 0.262.